The number of ether oxygens (including phenoxy) is 4. The van der Waals surface area contributed by atoms with Crippen LogP contribution in [0, 0.1) is 16.7 Å². The van der Waals surface area contributed by atoms with Gasteiger partial charge >= 0.3 is 24.1 Å². The van der Waals surface area contributed by atoms with Gasteiger partial charge in [-0.3, -0.25) is 5.73 Å². The fourth-order valence-electron chi connectivity index (χ4n) is 4.53. The number of hydrazine groups is 2. The van der Waals surface area contributed by atoms with E-state index in [0.29, 0.717) is 0 Å². The molecule has 0 aromatic carbocycles. The topological polar surface area (TPSA) is 186 Å². The van der Waals surface area contributed by atoms with Crippen LogP contribution in [0.1, 0.15) is 69.2 Å². The lowest BCUT2D eigenvalue weighted by atomic mass is 9.72. The van der Waals surface area contributed by atoms with Crippen molar-refractivity contribution in [1.29, 1.82) is 5.26 Å². The number of nitriles is 1. The van der Waals surface area contributed by atoms with E-state index in [1.54, 1.807) is 55.4 Å². The molecule has 14 nitrogen and oxygen atoms in total. The molecule has 0 bridgehead atoms. The smallest absolute Gasteiger partial charge is 0.426 e. The highest BCUT2D eigenvalue weighted by Crippen LogP contribution is 2.59. The van der Waals surface area contributed by atoms with E-state index in [1.807, 2.05) is 6.07 Å². The van der Waals surface area contributed by atoms with Crippen LogP contribution in [0.4, 0.5) is 9.59 Å². The van der Waals surface area contributed by atoms with Gasteiger partial charge in [0.1, 0.15) is 11.2 Å². The number of hydrogen-bond acceptors (Lipinski definition) is 12. The highest BCUT2D eigenvalue weighted by atomic mass is 16.6. The monoisotopic (exact) mass is 550 g/mol. The van der Waals surface area contributed by atoms with Gasteiger partial charge in [0.15, 0.2) is 5.41 Å². The van der Waals surface area contributed by atoms with Gasteiger partial charge in [0.2, 0.25) is 5.79 Å². The Labute approximate surface area is 227 Å². The third-order valence-corrected chi connectivity index (χ3v) is 5.71. The predicted octanol–water partition coefficient (Wildman–Crippen LogP) is 2.29. The van der Waals surface area contributed by atoms with Crippen LogP contribution >= 0.6 is 0 Å². The van der Waals surface area contributed by atoms with Gasteiger partial charge in [-0.15, -0.1) is 0 Å². The van der Waals surface area contributed by atoms with Crippen molar-refractivity contribution in [2.75, 3.05) is 13.2 Å². The number of esters is 2. The summed E-state index contributed by atoms with van der Waals surface area (Å²) in [5, 5.41) is 12.7. The van der Waals surface area contributed by atoms with Crippen LogP contribution in [-0.2, 0) is 28.5 Å². The molecule has 0 fully saturated rings. The first-order valence-electron chi connectivity index (χ1n) is 12.4. The summed E-state index contributed by atoms with van der Waals surface area (Å²) in [6.07, 6.45) is -1.97. The number of hydrogen-bond donors (Lipinski definition) is 3. The number of carbonyl (C=O) groups is 4. The quantitative estimate of drug-likeness (QED) is 0.324. The second-order valence-electron chi connectivity index (χ2n) is 10.8. The van der Waals surface area contributed by atoms with E-state index < -0.39 is 46.5 Å². The van der Waals surface area contributed by atoms with Gasteiger partial charge in [0.05, 0.1) is 30.4 Å². The van der Waals surface area contributed by atoms with E-state index in [-0.39, 0.29) is 35.8 Å². The lowest BCUT2D eigenvalue weighted by molar-refractivity contribution is -0.142. The molecule has 0 aromatic rings. The molecule has 4 N–H and O–H groups in total. The largest absolute Gasteiger partial charge is 0.463 e. The maximum absolute atomic E-state index is 13.4. The van der Waals surface area contributed by atoms with Gasteiger partial charge < -0.3 is 18.9 Å². The molecule has 0 atom stereocenters. The number of carbonyl (C=O) groups excluding carboxylic acids is 4. The zero-order chi connectivity index (χ0) is 30.1. The van der Waals surface area contributed by atoms with E-state index >= 15 is 0 Å². The molecule has 2 aliphatic rings. The van der Waals surface area contributed by atoms with Crippen molar-refractivity contribution in [3.05, 3.63) is 22.5 Å². The zero-order valence-corrected chi connectivity index (χ0v) is 24.1. The van der Waals surface area contributed by atoms with Crippen LogP contribution in [0.3, 0.4) is 0 Å². The summed E-state index contributed by atoms with van der Waals surface area (Å²) in [7, 11) is 0. The minimum atomic E-state index is -2.33. The molecule has 2 aliphatic heterocycles. The van der Waals surface area contributed by atoms with E-state index in [4.69, 9.17) is 24.7 Å². The highest BCUT2D eigenvalue weighted by Gasteiger charge is 2.75. The molecule has 0 aliphatic carbocycles. The van der Waals surface area contributed by atoms with Crippen molar-refractivity contribution in [3.8, 4) is 6.07 Å². The van der Waals surface area contributed by atoms with Crippen molar-refractivity contribution in [2.24, 2.45) is 11.1 Å². The Balaban J connectivity index is 2.89. The maximum Gasteiger partial charge on any atom is 0.426 e. The van der Waals surface area contributed by atoms with Crippen LogP contribution < -0.4 is 16.6 Å². The molecule has 2 rings (SSSR count). The standard InChI is InChI=1S/C25H38N6O8/c1-11-36-18(32)16-14(3)30(28-20(34)38-22(5,6)7)25(27)24(16,13-26)17(19(33)37-12-2)15(4)31(25)29-21(35)39-23(8,9)10/h11-12,27H2,1-10H3,(H,28,34)(H,29,35). The lowest BCUT2D eigenvalue weighted by Gasteiger charge is -2.46. The average molecular weight is 551 g/mol. The van der Waals surface area contributed by atoms with Crippen molar-refractivity contribution in [1.82, 2.24) is 20.9 Å². The molecule has 2 amide bonds. The predicted molar refractivity (Wildman–Crippen MR) is 136 cm³/mol. The van der Waals surface area contributed by atoms with Gasteiger partial charge in [-0.2, -0.15) is 5.26 Å². The molecule has 0 radical (unpaired) electrons. The maximum atomic E-state index is 13.4. The Morgan fingerprint density at radius 1 is 0.821 bits per heavy atom. The second kappa shape index (κ2) is 10.6. The third-order valence-electron chi connectivity index (χ3n) is 5.71. The molecular formula is C25H38N6O8. The fourth-order valence-corrected chi connectivity index (χ4v) is 4.53. The summed E-state index contributed by atoms with van der Waals surface area (Å²) in [5.41, 5.74) is 6.98. The van der Waals surface area contributed by atoms with E-state index in [1.165, 1.54) is 13.8 Å². The van der Waals surface area contributed by atoms with Crippen molar-refractivity contribution >= 4 is 24.1 Å². The average Bonchev–Trinajstić information content (AvgIpc) is 3.06. The molecule has 0 spiro atoms. The third kappa shape index (κ3) is 5.44. The molecule has 0 saturated carbocycles. The Hall–Kier alpha value is -3.99. The Morgan fingerprint density at radius 3 is 1.41 bits per heavy atom. The Kier molecular flexibility index (Phi) is 8.52. The van der Waals surface area contributed by atoms with Crippen LogP contribution in [0.2, 0.25) is 0 Å². The molecule has 216 valence electrons. The number of rotatable bonds is 6. The van der Waals surface area contributed by atoms with Gasteiger partial charge in [0, 0.05) is 11.4 Å². The number of nitrogens with two attached hydrogens (primary N) is 1. The van der Waals surface area contributed by atoms with Crippen molar-refractivity contribution in [3.63, 3.8) is 0 Å². The number of nitrogens with one attached hydrogen (secondary N) is 2. The first kappa shape index (κ1) is 31.2. The number of amides is 2. The normalized spacial score (nSPS) is 22.7. The highest BCUT2D eigenvalue weighted by molar-refractivity contribution is 6.02. The van der Waals surface area contributed by atoms with E-state index in [2.05, 4.69) is 10.9 Å². The lowest BCUT2D eigenvalue weighted by Crippen LogP contribution is -2.75. The Morgan fingerprint density at radius 2 is 1.15 bits per heavy atom. The SMILES string of the molecule is CCOC(=O)C1=C(C)N(NC(=O)OC(C)(C)C)C2(N)N(NC(=O)OC(C)(C)C)C(C)=C(C(=O)OCC)C12C#N. The van der Waals surface area contributed by atoms with Gasteiger partial charge in [-0.05, 0) is 69.2 Å². The van der Waals surface area contributed by atoms with Crippen molar-refractivity contribution in [2.45, 2.75) is 86.2 Å². The molecule has 0 saturated heterocycles. The molecule has 2 heterocycles. The fraction of sp³-hybridized carbons (Fsp3) is 0.640. The minimum absolute atomic E-state index is 0.0337. The van der Waals surface area contributed by atoms with Gasteiger partial charge in [-0.25, -0.2) is 40.0 Å². The molecule has 0 aromatic heterocycles. The molecule has 0 unspecified atom stereocenters. The second-order valence-corrected chi connectivity index (χ2v) is 10.8. The first-order chi connectivity index (χ1) is 17.8. The molecule has 14 heteroatoms. The van der Waals surface area contributed by atoms with E-state index in [0.717, 1.165) is 10.0 Å². The van der Waals surface area contributed by atoms with Gasteiger partial charge in [0.25, 0.3) is 0 Å². The van der Waals surface area contributed by atoms with E-state index in [9.17, 15) is 24.4 Å². The summed E-state index contributed by atoms with van der Waals surface area (Å²) < 4.78 is 21.2. The number of allylic oxidation sites excluding steroid dienone is 2. The number of fused-ring (bicyclic) bond motifs is 1. The Bertz CT molecular complexity index is 1080. The van der Waals surface area contributed by atoms with Gasteiger partial charge in [-0.1, -0.05) is 0 Å². The van der Waals surface area contributed by atoms with Crippen LogP contribution in [0.15, 0.2) is 22.5 Å². The summed E-state index contributed by atoms with van der Waals surface area (Å²) in [6.45, 7) is 15.6. The minimum Gasteiger partial charge on any atom is -0.463 e. The first-order valence-corrected chi connectivity index (χ1v) is 12.4. The summed E-state index contributed by atoms with van der Waals surface area (Å²) in [6, 6.07) is 2.01. The molecule has 39 heavy (non-hydrogen) atoms. The summed E-state index contributed by atoms with van der Waals surface area (Å²) in [5.74, 6) is -4.25. The van der Waals surface area contributed by atoms with Crippen LogP contribution in [-0.4, -0.2) is 64.3 Å². The summed E-state index contributed by atoms with van der Waals surface area (Å²) in [4.78, 5) is 52.5. The molecular weight excluding hydrogens is 512 g/mol. The zero-order valence-electron chi connectivity index (χ0n) is 24.1. The van der Waals surface area contributed by atoms with Crippen molar-refractivity contribution < 1.29 is 38.1 Å². The van der Waals surface area contributed by atoms with Crippen LogP contribution in [0.25, 0.3) is 0 Å². The van der Waals surface area contributed by atoms with Crippen LogP contribution in [0.5, 0.6) is 0 Å². The summed E-state index contributed by atoms with van der Waals surface area (Å²) >= 11 is 0. The number of nitrogens with zero attached hydrogens (tertiary/aromatic N) is 3.